The van der Waals surface area contributed by atoms with Crippen LogP contribution in [0, 0.1) is 5.82 Å². The molecule has 1 N–H and O–H groups in total. The third kappa shape index (κ3) is 3.96. The Labute approximate surface area is 137 Å². The van der Waals surface area contributed by atoms with E-state index in [2.05, 4.69) is 21.2 Å². The van der Waals surface area contributed by atoms with E-state index in [4.69, 9.17) is 16.3 Å². The van der Waals surface area contributed by atoms with E-state index in [1.165, 1.54) is 13.2 Å². The third-order valence-electron chi connectivity index (χ3n) is 3.33. The molecule has 0 aliphatic rings. The second kappa shape index (κ2) is 7.25. The van der Waals surface area contributed by atoms with Crippen LogP contribution >= 0.6 is 27.5 Å². The van der Waals surface area contributed by atoms with Crippen molar-refractivity contribution in [1.29, 1.82) is 0 Å². The Balaban J connectivity index is 2.35. The van der Waals surface area contributed by atoms with Gasteiger partial charge in [-0.3, -0.25) is 0 Å². The molecule has 0 aromatic heterocycles. The third-order valence-corrected chi connectivity index (χ3v) is 4.17. The van der Waals surface area contributed by atoms with Gasteiger partial charge in [0.15, 0.2) is 0 Å². The van der Waals surface area contributed by atoms with Crippen LogP contribution in [0.5, 0.6) is 5.75 Å². The molecule has 2 nitrogen and oxygen atoms in total. The molecule has 0 heterocycles. The van der Waals surface area contributed by atoms with Gasteiger partial charge in [0.05, 0.1) is 11.6 Å². The molecule has 1 atom stereocenters. The van der Waals surface area contributed by atoms with Crippen LogP contribution in [-0.2, 0) is 6.42 Å². The first-order chi connectivity index (χ1) is 10.0. The smallest absolute Gasteiger partial charge is 0.141 e. The fourth-order valence-electron chi connectivity index (χ4n) is 2.26. The normalized spacial score (nSPS) is 12.2. The zero-order valence-electron chi connectivity index (χ0n) is 11.8. The largest absolute Gasteiger partial charge is 0.496 e. The van der Waals surface area contributed by atoms with Gasteiger partial charge in [-0.2, -0.15) is 0 Å². The van der Waals surface area contributed by atoms with E-state index in [0.717, 1.165) is 17.5 Å². The summed E-state index contributed by atoms with van der Waals surface area (Å²) in [7, 11) is 3.41. The number of hydrogen-bond donors (Lipinski definition) is 1. The Hall–Kier alpha value is -1.10. The molecule has 0 aliphatic carbocycles. The van der Waals surface area contributed by atoms with Crippen LogP contribution in [0.3, 0.4) is 0 Å². The highest BCUT2D eigenvalue weighted by Gasteiger charge is 2.18. The van der Waals surface area contributed by atoms with Crippen LogP contribution in [0.25, 0.3) is 0 Å². The molecule has 112 valence electrons. The molecule has 0 bridgehead atoms. The molecular formula is C16H16BrClFNO. The molecule has 0 radical (unpaired) electrons. The molecule has 2 aromatic carbocycles. The van der Waals surface area contributed by atoms with Crippen molar-refractivity contribution in [2.24, 2.45) is 0 Å². The summed E-state index contributed by atoms with van der Waals surface area (Å²) in [5.41, 5.74) is 2.00. The number of halogens is 3. The van der Waals surface area contributed by atoms with Gasteiger partial charge < -0.3 is 10.1 Å². The van der Waals surface area contributed by atoms with Crippen molar-refractivity contribution in [3.8, 4) is 5.75 Å². The molecular weight excluding hydrogens is 357 g/mol. The van der Waals surface area contributed by atoms with Gasteiger partial charge in [-0.25, -0.2) is 4.39 Å². The highest BCUT2D eigenvalue weighted by atomic mass is 79.9. The quantitative estimate of drug-likeness (QED) is 0.817. The number of methoxy groups -OCH3 is 1. The summed E-state index contributed by atoms with van der Waals surface area (Å²) >= 11 is 9.24. The SMILES string of the molecule is CNC(Cc1cccc(Cl)c1)c1cc(Br)c(F)cc1OC. The van der Waals surface area contributed by atoms with Gasteiger partial charge in [0, 0.05) is 22.7 Å². The zero-order chi connectivity index (χ0) is 15.4. The minimum Gasteiger partial charge on any atom is -0.496 e. The molecule has 2 rings (SSSR count). The zero-order valence-corrected chi connectivity index (χ0v) is 14.1. The van der Waals surface area contributed by atoms with Crippen molar-refractivity contribution in [2.45, 2.75) is 12.5 Å². The predicted molar refractivity (Wildman–Crippen MR) is 87.6 cm³/mol. The lowest BCUT2D eigenvalue weighted by Crippen LogP contribution is -2.19. The van der Waals surface area contributed by atoms with Crippen LogP contribution in [-0.4, -0.2) is 14.2 Å². The van der Waals surface area contributed by atoms with Crippen LogP contribution in [0.1, 0.15) is 17.2 Å². The number of likely N-dealkylation sites (N-methyl/N-ethyl adjacent to an activating group) is 1. The van der Waals surface area contributed by atoms with E-state index < -0.39 is 0 Å². The van der Waals surface area contributed by atoms with Gasteiger partial charge in [-0.1, -0.05) is 23.7 Å². The first-order valence-corrected chi connectivity index (χ1v) is 7.67. The van der Waals surface area contributed by atoms with E-state index in [-0.39, 0.29) is 11.9 Å². The van der Waals surface area contributed by atoms with Crippen molar-refractivity contribution >= 4 is 27.5 Å². The fraction of sp³-hybridized carbons (Fsp3) is 0.250. The molecule has 2 aromatic rings. The highest BCUT2D eigenvalue weighted by Crippen LogP contribution is 2.32. The van der Waals surface area contributed by atoms with E-state index in [0.29, 0.717) is 15.2 Å². The number of hydrogen-bond acceptors (Lipinski definition) is 2. The van der Waals surface area contributed by atoms with Gasteiger partial charge in [-0.15, -0.1) is 0 Å². The maximum Gasteiger partial charge on any atom is 0.141 e. The minimum atomic E-state index is -0.340. The second-order valence-corrected chi connectivity index (χ2v) is 5.97. The summed E-state index contributed by atoms with van der Waals surface area (Å²) in [5, 5.41) is 3.94. The summed E-state index contributed by atoms with van der Waals surface area (Å²) < 4.78 is 19.3. The van der Waals surface area contributed by atoms with Gasteiger partial charge in [0.2, 0.25) is 0 Å². The van der Waals surface area contributed by atoms with E-state index in [1.54, 1.807) is 6.07 Å². The van der Waals surface area contributed by atoms with Crippen molar-refractivity contribution in [1.82, 2.24) is 5.32 Å². The van der Waals surface area contributed by atoms with Crippen molar-refractivity contribution in [2.75, 3.05) is 14.2 Å². The first-order valence-electron chi connectivity index (χ1n) is 6.49. The summed E-state index contributed by atoms with van der Waals surface area (Å²) in [6.45, 7) is 0. The standard InChI is InChI=1S/C16H16BrClFNO/c1-20-15(7-10-4-3-5-11(18)6-10)12-8-13(17)14(19)9-16(12)21-2/h3-6,8-9,15,20H,7H2,1-2H3. The molecule has 0 fully saturated rings. The van der Waals surface area contributed by atoms with Crippen molar-refractivity contribution < 1.29 is 9.13 Å². The van der Waals surface area contributed by atoms with Crippen LogP contribution in [0.2, 0.25) is 5.02 Å². The molecule has 1 unspecified atom stereocenters. The topological polar surface area (TPSA) is 21.3 Å². The summed E-state index contributed by atoms with van der Waals surface area (Å²) in [6.07, 6.45) is 0.728. The average Bonchev–Trinajstić information content (AvgIpc) is 2.47. The van der Waals surface area contributed by atoms with E-state index >= 15 is 0 Å². The molecule has 0 amide bonds. The Morgan fingerprint density at radius 3 is 2.71 bits per heavy atom. The van der Waals surface area contributed by atoms with E-state index in [1.807, 2.05) is 31.3 Å². The second-order valence-electron chi connectivity index (χ2n) is 4.68. The molecule has 5 heteroatoms. The highest BCUT2D eigenvalue weighted by molar-refractivity contribution is 9.10. The Kier molecular flexibility index (Phi) is 5.62. The lowest BCUT2D eigenvalue weighted by Gasteiger charge is -2.20. The maximum atomic E-state index is 13.6. The van der Waals surface area contributed by atoms with E-state index in [9.17, 15) is 4.39 Å². The summed E-state index contributed by atoms with van der Waals surface area (Å²) in [4.78, 5) is 0. The first kappa shape index (κ1) is 16.3. The van der Waals surface area contributed by atoms with Crippen molar-refractivity contribution in [3.63, 3.8) is 0 Å². The Morgan fingerprint density at radius 1 is 1.33 bits per heavy atom. The van der Waals surface area contributed by atoms with Gasteiger partial charge in [-0.05, 0) is 53.2 Å². The fourth-order valence-corrected chi connectivity index (χ4v) is 2.83. The number of ether oxygens (including phenoxy) is 1. The predicted octanol–water partition coefficient (Wildman–Crippen LogP) is 4.75. The van der Waals surface area contributed by atoms with Crippen LogP contribution in [0.4, 0.5) is 4.39 Å². The average molecular weight is 373 g/mol. The Morgan fingerprint density at radius 2 is 2.10 bits per heavy atom. The molecule has 0 saturated heterocycles. The number of nitrogens with one attached hydrogen (secondary N) is 1. The summed E-state index contributed by atoms with van der Waals surface area (Å²) in [5.74, 6) is 0.185. The van der Waals surface area contributed by atoms with Gasteiger partial charge >= 0.3 is 0 Å². The van der Waals surface area contributed by atoms with Crippen LogP contribution < -0.4 is 10.1 Å². The van der Waals surface area contributed by atoms with Crippen LogP contribution in [0.15, 0.2) is 40.9 Å². The summed E-state index contributed by atoms with van der Waals surface area (Å²) in [6, 6.07) is 10.8. The molecule has 0 aliphatic heterocycles. The molecule has 0 saturated carbocycles. The molecule has 0 spiro atoms. The Bertz CT molecular complexity index is 636. The maximum absolute atomic E-state index is 13.6. The number of benzene rings is 2. The number of rotatable bonds is 5. The van der Waals surface area contributed by atoms with Crippen molar-refractivity contribution in [3.05, 3.63) is 62.8 Å². The lowest BCUT2D eigenvalue weighted by molar-refractivity contribution is 0.397. The molecule has 21 heavy (non-hydrogen) atoms. The minimum absolute atomic E-state index is 0.00434. The van der Waals surface area contributed by atoms with Gasteiger partial charge in [0.25, 0.3) is 0 Å². The lowest BCUT2D eigenvalue weighted by atomic mass is 9.98. The van der Waals surface area contributed by atoms with Gasteiger partial charge in [0.1, 0.15) is 11.6 Å². The monoisotopic (exact) mass is 371 g/mol.